The minimum absolute atomic E-state index is 0.154. The van der Waals surface area contributed by atoms with Crippen molar-refractivity contribution in [1.29, 1.82) is 0 Å². The molecule has 1 unspecified atom stereocenters. The number of esters is 1. The highest BCUT2D eigenvalue weighted by molar-refractivity contribution is 5.69. The first-order chi connectivity index (χ1) is 10.0. The molecule has 0 radical (unpaired) electrons. The summed E-state index contributed by atoms with van der Waals surface area (Å²) in [5, 5.41) is 3.30. The van der Waals surface area contributed by atoms with E-state index in [-0.39, 0.29) is 11.6 Å². The Labute approximate surface area is 126 Å². The van der Waals surface area contributed by atoms with Gasteiger partial charge in [0.2, 0.25) is 0 Å². The summed E-state index contributed by atoms with van der Waals surface area (Å²) in [5.41, 5.74) is 1.13. The molecule has 4 heteroatoms. The van der Waals surface area contributed by atoms with Gasteiger partial charge in [-0.1, -0.05) is 18.2 Å². The van der Waals surface area contributed by atoms with Gasteiger partial charge in [0.15, 0.2) is 0 Å². The highest BCUT2D eigenvalue weighted by Gasteiger charge is 2.36. The van der Waals surface area contributed by atoms with Gasteiger partial charge in [0.1, 0.15) is 11.4 Å². The van der Waals surface area contributed by atoms with E-state index in [1.54, 1.807) is 0 Å². The molecule has 1 heterocycles. The van der Waals surface area contributed by atoms with Gasteiger partial charge in [-0.25, -0.2) is 0 Å². The van der Waals surface area contributed by atoms with Crippen molar-refractivity contribution < 1.29 is 14.3 Å². The molecule has 21 heavy (non-hydrogen) atoms. The van der Waals surface area contributed by atoms with Crippen LogP contribution in [0.15, 0.2) is 24.3 Å². The second kappa shape index (κ2) is 6.94. The van der Waals surface area contributed by atoms with E-state index < -0.39 is 0 Å². The van der Waals surface area contributed by atoms with Crippen LogP contribution in [-0.2, 0) is 16.0 Å². The molecule has 4 nitrogen and oxygen atoms in total. The molecule has 1 atom stereocenters. The Hall–Kier alpha value is -1.55. The molecule has 0 aliphatic carbocycles. The molecule has 2 rings (SSSR count). The SMILES string of the molecule is COC(=O)CCNCCC1Cc2ccccc2OC1(C)C. The van der Waals surface area contributed by atoms with E-state index in [9.17, 15) is 4.79 Å². The number of rotatable bonds is 6. The van der Waals surface area contributed by atoms with Crippen molar-refractivity contribution in [3.8, 4) is 5.75 Å². The summed E-state index contributed by atoms with van der Waals surface area (Å²) in [4.78, 5) is 11.0. The number of fused-ring (bicyclic) bond motifs is 1. The summed E-state index contributed by atoms with van der Waals surface area (Å²) >= 11 is 0. The van der Waals surface area contributed by atoms with Crippen LogP contribution in [0.1, 0.15) is 32.3 Å². The molecule has 0 fully saturated rings. The Balaban J connectivity index is 1.82. The third kappa shape index (κ3) is 4.21. The lowest BCUT2D eigenvalue weighted by Gasteiger charge is -2.40. The number of nitrogens with one attached hydrogen (secondary N) is 1. The number of hydrogen-bond donors (Lipinski definition) is 1. The second-order valence-corrected chi connectivity index (χ2v) is 6.08. The normalized spacial score (nSPS) is 19.5. The third-order valence-corrected chi connectivity index (χ3v) is 4.20. The predicted octanol–water partition coefficient (Wildman–Crippen LogP) is 2.56. The maximum atomic E-state index is 11.0. The van der Waals surface area contributed by atoms with Gasteiger partial charge < -0.3 is 14.8 Å². The summed E-state index contributed by atoms with van der Waals surface area (Å²) in [6.07, 6.45) is 2.49. The van der Waals surface area contributed by atoms with Gasteiger partial charge in [-0.05, 0) is 44.9 Å². The fourth-order valence-electron chi connectivity index (χ4n) is 2.79. The third-order valence-electron chi connectivity index (χ3n) is 4.20. The summed E-state index contributed by atoms with van der Waals surface area (Å²) in [6, 6.07) is 8.26. The monoisotopic (exact) mass is 291 g/mol. The standard InChI is InChI=1S/C17H25NO3/c1-17(2)14(8-10-18-11-9-16(19)20-3)12-13-6-4-5-7-15(13)21-17/h4-7,14,18H,8-12H2,1-3H3. The van der Waals surface area contributed by atoms with Crippen molar-refractivity contribution in [2.75, 3.05) is 20.2 Å². The number of benzene rings is 1. The van der Waals surface area contributed by atoms with Crippen molar-refractivity contribution in [2.45, 2.75) is 38.7 Å². The van der Waals surface area contributed by atoms with Crippen molar-refractivity contribution in [3.63, 3.8) is 0 Å². The first-order valence-corrected chi connectivity index (χ1v) is 7.57. The average Bonchev–Trinajstić information content (AvgIpc) is 2.46. The van der Waals surface area contributed by atoms with E-state index >= 15 is 0 Å². The van der Waals surface area contributed by atoms with Crippen molar-refractivity contribution in [1.82, 2.24) is 5.32 Å². The van der Waals surface area contributed by atoms with Gasteiger partial charge in [0, 0.05) is 12.5 Å². The molecule has 1 aromatic carbocycles. The van der Waals surface area contributed by atoms with Crippen LogP contribution in [0.2, 0.25) is 0 Å². The van der Waals surface area contributed by atoms with E-state index in [1.807, 2.05) is 12.1 Å². The number of carbonyl (C=O) groups excluding carboxylic acids is 1. The van der Waals surface area contributed by atoms with Crippen LogP contribution in [0, 0.1) is 5.92 Å². The minimum atomic E-state index is -0.169. The van der Waals surface area contributed by atoms with Crippen molar-refractivity contribution >= 4 is 5.97 Å². The van der Waals surface area contributed by atoms with Crippen LogP contribution in [0.3, 0.4) is 0 Å². The molecule has 1 aromatic rings. The lowest BCUT2D eigenvalue weighted by Crippen LogP contribution is -2.43. The molecule has 0 saturated heterocycles. The smallest absolute Gasteiger partial charge is 0.306 e. The minimum Gasteiger partial charge on any atom is -0.487 e. The number of hydrogen-bond acceptors (Lipinski definition) is 4. The van der Waals surface area contributed by atoms with Gasteiger partial charge in [-0.15, -0.1) is 0 Å². The summed E-state index contributed by atoms with van der Waals surface area (Å²) in [5.74, 6) is 1.31. The molecule has 1 aliphatic heterocycles. The second-order valence-electron chi connectivity index (χ2n) is 6.08. The Morgan fingerprint density at radius 1 is 1.38 bits per heavy atom. The summed E-state index contributed by atoms with van der Waals surface area (Å²) in [6.45, 7) is 5.86. The molecule has 0 saturated carbocycles. The zero-order valence-corrected chi connectivity index (χ0v) is 13.1. The van der Waals surface area contributed by atoms with Crippen LogP contribution < -0.4 is 10.1 Å². The highest BCUT2D eigenvalue weighted by atomic mass is 16.5. The van der Waals surface area contributed by atoms with Gasteiger partial charge >= 0.3 is 5.97 Å². The Bertz CT molecular complexity index is 485. The average molecular weight is 291 g/mol. The molecule has 0 spiro atoms. The van der Waals surface area contributed by atoms with E-state index in [1.165, 1.54) is 12.7 Å². The zero-order valence-electron chi connectivity index (χ0n) is 13.1. The summed E-state index contributed by atoms with van der Waals surface area (Å²) in [7, 11) is 1.42. The number of para-hydroxylation sites is 1. The Morgan fingerprint density at radius 3 is 2.90 bits per heavy atom. The van der Waals surface area contributed by atoms with Crippen LogP contribution in [0.5, 0.6) is 5.75 Å². The van der Waals surface area contributed by atoms with Gasteiger partial charge in [-0.2, -0.15) is 0 Å². The lowest BCUT2D eigenvalue weighted by molar-refractivity contribution is -0.140. The van der Waals surface area contributed by atoms with E-state index in [2.05, 4.69) is 36.0 Å². The van der Waals surface area contributed by atoms with E-state index in [4.69, 9.17) is 4.74 Å². The fourth-order valence-corrected chi connectivity index (χ4v) is 2.79. The number of ether oxygens (including phenoxy) is 2. The van der Waals surface area contributed by atoms with Gasteiger partial charge in [0.25, 0.3) is 0 Å². The molecular weight excluding hydrogens is 266 g/mol. The fraction of sp³-hybridized carbons (Fsp3) is 0.588. The molecular formula is C17H25NO3. The molecule has 0 bridgehead atoms. The highest BCUT2D eigenvalue weighted by Crippen LogP contribution is 2.38. The van der Waals surface area contributed by atoms with Crippen molar-refractivity contribution in [2.24, 2.45) is 5.92 Å². The lowest BCUT2D eigenvalue weighted by atomic mass is 9.80. The first-order valence-electron chi connectivity index (χ1n) is 7.57. The molecule has 1 N–H and O–H groups in total. The maximum absolute atomic E-state index is 11.0. The summed E-state index contributed by atoms with van der Waals surface area (Å²) < 4.78 is 10.8. The van der Waals surface area contributed by atoms with Crippen LogP contribution in [-0.4, -0.2) is 31.8 Å². The van der Waals surface area contributed by atoms with Crippen LogP contribution in [0.4, 0.5) is 0 Å². The van der Waals surface area contributed by atoms with Crippen LogP contribution in [0.25, 0.3) is 0 Å². The quantitative estimate of drug-likeness (QED) is 0.646. The molecule has 1 aliphatic rings. The predicted molar refractivity (Wildman–Crippen MR) is 82.5 cm³/mol. The zero-order chi connectivity index (χ0) is 15.3. The van der Waals surface area contributed by atoms with E-state index in [0.717, 1.165) is 25.1 Å². The van der Waals surface area contributed by atoms with Gasteiger partial charge in [-0.3, -0.25) is 4.79 Å². The van der Waals surface area contributed by atoms with E-state index in [0.29, 0.717) is 18.9 Å². The van der Waals surface area contributed by atoms with Crippen molar-refractivity contribution in [3.05, 3.63) is 29.8 Å². The maximum Gasteiger partial charge on any atom is 0.306 e. The Morgan fingerprint density at radius 2 is 2.14 bits per heavy atom. The number of methoxy groups -OCH3 is 1. The van der Waals surface area contributed by atoms with Crippen LogP contribution >= 0.6 is 0 Å². The Kier molecular flexibility index (Phi) is 5.23. The largest absolute Gasteiger partial charge is 0.487 e. The molecule has 0 amide bonds. The number of carbonyl (C=O) groups is 1. The first kappa shape index (κ1) is 15.8. The molecule has 0 aromatic heterocycles. The van der Waals surface area contributed by atoms with Gasteiger partial charge in [0.05, 0.1) is 13.5 Å². The molecule has 116 valence electrons. The topological polar surface area (TPSA) is 47.6 Å².